The zero-order chi connectivity index (χ0) is 17.6. The van der Waals surface area contributed by atoms with Crippen molar-refractivity contribution in [3.8, 4) is 0 Å². The highest BCUT2D eigenvalue weighted by Gasteiger charge is 2.15. The number of nitro benzene ring substituents is 1. The molecule has 1 saturated heterocycles. The Balaban J connectivity index is 1.75. The Morgan fingerprint density at radius 1 is 1.32 bits per heavy atom. The Labute approximate surface area is 144 Å². The van der Waals surface area contributed by atoms with Gasteiger partial charge in [0.2, 0.25) is 5.95 Å². The summed E-state index contributed by atoms with van der Waals surface area (Å²) < 4.78 is 5.33. The van der Waals surface area contributed by atoms with Crippen molar-refractivity contribution < 1.29 is 9.66 Å². The van der Waals surface area contributed by atoms with Crippen LogP contribution < -0.4 is 10.3 Å². The lowest BCUT2D eigenvalue weighted by atomic mass is 10.2. The molecule has 9 nitrogen and oxygen atoms in total. The van der Waals surface area contributed by atoms with Gasteiger partial charge in [-0.3, -0.25) is 15.5 Å². The SMILES string of the molecule is Cc1cc(NN=Cc2ccccc2[N+](=O)[O-])nc(N2CCOCC2)n1. The predicted molar refractivity (Wildman–Crippen MR) is 94.1 cm³/mol. The molecule has 1 aliphatic rings. The third kappa shape index (κ3) is 4.27. The smallest absolute Gasteiger partial charge is 0.278 e. The molecule has 0 unspecified atom stereocenters. The zero-order valence-electron chi connectivity index (χ0n) is 13.8. The first-order valence-corrected chi connectivity index (χ1v) is 7.84. The lowest BCUT2D eigenvalue weighted by molar-refractivity contribution is -0.385. The molecule has 1 aliphatic heterocycles. The molecular weight excluding hydrogens is 324 g/mol. The summed E-state index contributed by atoms with van der Waals surface area (Å²) in [6.45, 7) is 4.65. The summed E-state index contributed by atoms with van der Waals surface area (Å²) in [4.78, 5) is 21.5. The number of aromatic nitrogens is 2. The van der Waals surface area contributed by atoms with Gasteiger partial charge in [-0.05, 0) is 13.0 Å². The van der Waals surface area contributed by atoms with Crippen LogP contribution in [0.25, 0.3) is 0 Å². The molecule has 2 aromatic rings. The van der Waals surface area contributed by atoms with Crippen LogP contribution in [0.3, 0.4) is 0 Å². The quantitative estimate of drug-likeness (QED) is 0.503. The van der Waals surface area contributed by atoms with Crippen molar-refractivity contribution in [2.75, 3.05) is 36.6 Å². The largest absolute Gasteiger partial charge is 0.378 e. The van der Waals surface area contributed by atoms with E-state index < -0.39 is 4.92 Å². The van der Waals surface area contributed by atoms with Crippen LogP contribution in [0.5, 0.6) is 0 Å². The van der Waals surface area contributed by atoms with Gasteiger partial charge in [-0.2, -0.15) is 10.1 Å². The predicted octanol–water partition coefficient (Wildman–Crippen LogP) is 1.98. The number of hydrogen-bond donors (Lipinski definition) is 1. The van der Waals surface area contributed by atoms with Gasteiger partial charge in [-0.15, -0.1) is 0 Å². The van der Waals surface area contributed by atoms with Crippen LogP contribution in [0.1, 0.15) is 11.3 Å². The Bertz CT molecular complexity index is 789. The maximum Gasteiger partial charge on any atom is 0.278 e. The summed E-state index contributed by atoms with van der Waals surface area (Å²) in [5, 5.41) is 15.1. The van der Waals surface area contributed by atoms with Gasteiger partial charge in [0.25, 0.3) is 5.69 Å². The van der Waals surface area contributed by atoms with Crippen LogP contribution in [0.15, 0.2) is 35.4 Å². The minimum absolute atomic E-state index is 0.000855. The first-order chi connectivity index (χ1) is 12.1. The summed E-state index contributed by atoms with van der Waals surface area (Å²) in [6.07, 6.45) is 1.41. The van der Waals surface area contributed by atoms with Gasteiger partial charge >= 0.3 is 0 Å². The number of aryl methyl sites for hydroxylation is 1. The molecule has 25 heavy (non-hydrogen) atoms. The monoisotopic (exact) mass is 342 g/mol. The van der Waals surface area contributed by atoms with Gasteiger partial charge in [-0.25, -0.2) is 4.98 Å². The van der Waals surface area contributed by atoms with E-state index in [0.29, 0.717) is 30.5 Å². The molecule has 1 aromatic carbocycles. The maximum atomic E-state index is 11.0. The molecule has 0 bridgehead atoms. The second-order valence-electron chi connectivity index (χ2n) is 5.48. The molecule has 130 valence electrons. The van der Waals surface area contributed by atoms with Crippen LogP contribution in [0, 0.1) is 17.0 Å². The number of para-hydroxylation sites is 1. The van der Waals surface area contributed by atoms with E-state index in [1.807, 2.05) is 11.8 Å². The van der Waals surface area contributed by atoms with Crippen LogP contribution in [0.4, 0.5) is 17.5 Å². The number of ether oxygens (including phenoxy) is 1. The number of rotatable bonds is 5. The number of anilines is 2. The maximum absolute atomic E-state index is 11.0. The number of nitrogens with one attached hydrogen (secondary N) is 1. The highest BCUT2D eigenvalue weighted by molar-refractivity contribution is 5.85. The summed E-state index contributed by atoms with van der Waals surface area (Å²) in [6, 6.07) is 8.17. The van der Waals surface area contributed by atoms with E-state index in [1.165, 1.54) is 12.3 Å². The summed E-state index contributed by atoms with van der Waals surface area (Å²) in [5.41, 5.74) is 4.04. The molecule has 0 amide bonds. The molecule has 1 fully saturated rings. The normalized spacial score (nSPS) is 14.7. The van der Waals surface area contributed by atoms with E-state index in [2.05, 4.69) is 20.5 Å². The fourth-order valence-corrected chi connectivity index (χ4v) is 2.45. The van der Waals surface area contributed by atoms with E-state index in [-0.39, 0.29) is 5.69 Å². The molecule has 0 spiro atoms. The van der Waals surface area contributed by atoms with Crippen LogP contribution in [-0.4, -0.2) is 47.4 Å². The standard InChI is InChI=1S/C16H18N6O3/c1-12-10-15(19-16(18-12)21-6-8-25-9-7-21)20-17-11-13-4-2-3-5-14(13)22(23)24/h2-5,10-11H,6-9H2,1H3,(H,18,19,20). The minimum Gasteiger partial charge on any atom is -0.378 e. The molecule has 0 atom stereocenters. The van der Waals surface area contributed by atoms with Crippen molar-refractivity contribution >= 4 is 23.7 Å². The number of benzene rings is 1. The average molecular weight is 342 g/mol. The molecule has 0 radical (unpaired) electrons. The molecule has 3 rings (SSSR count). The highest BCUT2D eigenvalue weighted by Crippen LogP contribution is 2.17. The van der Waals surface area contributed by atoms with Gasteiger partial charge in [0.15, 0.2) is 5.82 Å². The topological polar surface area (TPSA) is 106 Å². The Morgan fingerprint density at radius 2 is 2.08 bits per heavy atom. The summed E-state index contributed by atoms with van der Waals surface area (Å²) in [5.74, 6) is 1.15. The van der Waals surface area contributed by atoms with Crippen molar-refractivity contribution in [1.29, 1.82) is 0 Å². The molecule has 2 heterocycles. The van der Waals surface area contributed by atoms with E-state index in [9.17, 15) is 10.1 Å². The third-order valence-electron chi connectivity index (χ3n) is 3.65. The minimum atomic E-state index is -0.438. The van der Waals surface area contributed by atoms with Crippen molar-refractivity contribution in [2.24, 2.45) is 5.10 Å². The third-order valence-corrected chi connectivity index (χ3v) is 3.65. The fraction of sp³-hybridized carbons (Fsp3) is 0.312. The number of nitro groups is 1. The first kappa shape index (κ1) is 16.8. The highest BCUT2D eigenvalue weighted by atomic mass is 16.6. The average Bonchev–Trinajstić information content (AvgIpc) is 2.62. The lowest BCUT2D eigenvalue weighted by Gasteiger charge is -2.27. The Morgan fingerprint density at radius 3 is 2.84 bits per heavy atom. The number of nitrogens with zero attached hydrogens (tertiary/aromatic N) is 5. The van der Waals surface area contributed by atoms with Crippen LogP contribution in [-0.2, 0) is 4.74 Å². The lowest BCUT2D eigenvalue weighted by Crippen LogP contribution is -2.37. The number of morpholine rings is 1. The Kier molecular flexibility index (Phi) is 5.14. The van der Waals surface area contributed by atoms with Crippen LogP contribution in [0.2, 0.25) is 0 Å². The van der Waals surface area contributed by atoms with E-state index in [1.54, 1.807) is 24.3 Å². The summed E-state index contributed by atoms with van der Waals surface area (Å²) in [7, 11) is 0. The number of hydrazone groups is 1. The van der Waals surface area contributed by atoms with Crippen molar-refractivity contribution in [1.82, 2.24) is 9.97 Å². The molecular formula is C16H18N6O3. The van der Waals surface area contributed by atoms with Gasteiger partial charge in [0.05, 0.1) is 29.9 Å². The zero-order valence-corrected chi connectivity index (χ0v) is 13.8. The van der Waals surface area contributed by atoms with E-state index in [0.717, 1.165) is 18.8 Å². The van der Waals surface area contributed by atoms with Gasteiger partial charge in [0, 0.05) is 30.9 Å². The number of hydrogen-bond acceptors (Lipinski definition) is 8. The molecule has 0 saturated carbocycles. The van der Waals surface area contributed by atoms with Crippen molar-refractivity contribution in [3.63, 3.8) is 0 Å². The van der Waals surface area contributed by atoms with E-state index >= 15 is 0 Å². The van der Waals surface area contributed by atoms with Crippen molar-refractivity contribution in [3.05, 3.63) is 51.7 Å². The molecule has 1 N–H and O–H groups in total. The van der Waals surface area contributed by atoms with Crippen molar-refractivity contribution in [2.45, 2.75) is 6.92 Å². The van der Waals surface area contributed by atoms with Gasteiger partial charge < -0.3 is 9.64 Å². The summed E-state index contributed by atoms with van der Waals surface area (Å²) >= 11 is 0. The first-order valence-electron chi connectivity index (χ1n) is 7.84. The van der Waals surface area contributed by atoms with Gasteiger partial charge in [-0.1, -0.05) is 12.1 Å². The van der Waals surface area contributed by atoms with Gasteiger partial charge in [0.1, 0.15) is 0 Å². The van der Waals surface area contributed by atoms with E-state index in [4.69, 9.17) is 4.74 Å². The second-order valence-corrected chi connectivity index (χ2v) is 5.48. The van der Waals surface area contributed by atoms with Crippen LogP contribution >= 0.6 is 0 Å². The Hall–Kier alpha value is -3.07. The molecule has 9 heteroatoms. The fourth-order valence-electron chi connectivity index (χ4n) is 2.45. The molecule has 0 aliphatic carbocycles. The second kappa shape index (κ2) is 7.67. The molecule has 1 aromatic heterocycles.